The zero-order valence-electron chi connectivity index (χ0n) is 21.1. The van der Waals surface area contributed by atoms with Gasteiger partial charge in [-0.25, -0.2) is 14.1 Å². The predicted octanol–water partition coefficient (Wildman–Crippen LogP) is 5.32. The Labute approximate surface area is 219 Å². The first-order chi connectivity index (χ1) is 18.4. The Morgan fingerprint density at radius 2 is 1.76 bits per heavy atom. The minimum absolute atomic E-state index is 0.0620. The van der Waals surface area contributed by atoms with Crippen LogP contribution in [0.25, 0.3) is 10.9 Å². The summed E-state index contributed by atoms with van der Waals surface area (Å²) in [5, 5.41) is 3.92. The fourth-order valence-corrected chi connectivity index (χ4v) is 5.55. The molecular formula is C30H27FN4O3. The summed E-state index contributed by atoms with van der Waals surface area (Å²) in [7, 11) is 0. The van der Waals surface area contributed by atoms with Crippen molar-refractivity contribution in [3.05, 3.63) is 101 Å². The number of urea groups is 1. The lowest BCUT2D eigenvalue weighted by Crippen LogP contribution is -2.44. The molecule has 4 amide bonds. The Balaban J connectivity index is 1.48. The monoisotopic (exact) mass is 510 g/mol. The summed E-state index contributed by atoms with van der Waals surface area (Å²) in [5.41, 5.74) is 3.88. The smallest absolute Gasteiger partial charge is 0.332 e. The van der Waals surface area contributed by atoms with Crippen molar-refractivity contribution in [2.45, 2.75) is 44.8 Å². The number of halogens is 1. The van der Waals surface area contributed by atoms with E-state index in [9.17, 15) is 18.8 Å². The van der Waals surface area contributed by atoms with E-state index in [2.05, 4.69) is 10.3 Å². The van der Waals surface area contributed by atoms with Crippen molar-refractivity contribution in [1.29, 1.82) is 0 Å². The molecule has 3 aromatic carbocycles. The Morgan fingerprint density at radius 1 is 1.05 bits per heavy atom. The van der Waals surface area contributed by atoms with Gasteiger partial charge in [0, 0.05) is 29.1 Å². The van der Waals surface area contributed by atoms with Crippen LogP contribution in [0.2, 0.25) is 0 Å². The zero-order valence-corrected chi connectivity index (χ0v) is 21.1. The van der Waals surface area contributed by atoms with Crippen LogP contribution in [0.3, 0.4) is 0 Å². The molecule has 38 heavy (non-hydrogen) atoms. The highest BCUT2D eigenvalue weighted by Crippen LogP contribution is 2.45. The summed E-state index contributed by atoms with van der Waals surface area (Å²) in [6, 6.07) is 18.5. The average molecular weight is 511 g/mol. The van der Waals surface area contributed by atoms with Gasteiger partial charge in [0.25, 0.3) is 11.8 Å². The molecule has 8 heteroatoms. The number of carbonyl (C=O) groups excluding carboxylic acids is 3. The van der Waals surface area contributed by atoms with E-state index in [1.165, 1.54) is 12.1 Å². The first-order valence-corrected chi connectivity index (χ1v) is 12.8. The highest BCUT2D eigenvalue weighted by atomic mass is 19.1. The number of hydrogen-bond acceptors (Lipinski definition) is 3. The normalized spacial score (nSPS) is 19.4. The molecule has 3 heterocycles. The lowest BCUT2D eigenvalue weighted by atomic mass is 9.89. The van der Waals surface area contributed by atoms with Gasteiger partial charge < -0.3 is 10.3 Å². The fourth-order valence-electron chi connectivity index (χ4n) is 5.55. The highest BCUT2D eigenvalue weighted by molar-refractivity contribution is 6.24. The molecule has 3 atom stereocenters. The van der Waals surface area contributed by atoms with Gasteiger partial charge in [0.1, 0.15) is 17.9 Å². The molecule has 7 nitrogen and oxygen atoms in total. The van der Waals surface area contributed by atoms with Gasteiger partial charge in [-0.15, -0.1) is 0 Å². The Bertz CT molecular complexity index is 1580. The molecule has 0 saturated carbocycles. The summed E-state index contributed by atoms with van der Waals surface area (Å²) < 4.78 is 13.9. The number of fused-ring (bicyclic) bond motifs is 4. The van der Waals surface area contributed by atoms with Gasteiger partial charge in [-0.05, 0) is 54.8 Å². The van der Waals surface area contributed by atoms with Crippen LogP contribution < -0.4 is 10.2 Å². The number of aromatic nitrogens is 1. The summed E-state index contributed by atoms with van der Waals surface area (Å²) in [6.07, 6.45) is 1.08. The maximum absolute atomic E-state index is 14.1. The minimum Gasteiger partial charge on any atom is -0.356 e. The highest BCUT2D eigenvalue weighted by Gasteiger charge is 2.53. The summed E-state index contributed by atoms with van der Waals surface area (Å²) in [4.78, 5) is 47.3. The molecule has 2 N–H and O–H groups in total. The number of rotatable bonds is 5. The molecule has 3 unspecified atom stereocenters. The van der Waals surface area contributed by atoms with Crippen LogP contribution in [0.5, 0.6) is 0 Å². The van der Waals surface area contributed by atoms with Crippen LogP contribution in [0.15, 0.2) is 72.8 Å². The molecular weight excluding hydrogens is 483 g/mol. The Hall–Kier alpha value is -4.46. The molecule has 0 spiro atoms. The topological polar surface area (TPSA) is 85.5 Å². The number of nitrogens with zero attached hydrogens (tertiary/aromatic N) is 2. The number of benzene rings is 3. The molecule has 192 valence electrons. The van der Waals surface area contributed by atoms with Crippen LogP contribution >= 0.6 is 0 Å². The van der Waals surface area contributed by atoms with Crippen LogP contribution in [0, 0.1) is 5.82 Å². The van der Waals surface area contributed by atoms with Gasteiger partial charge >= 0.3 is 6.03 Å². The van der Waals surface area contributed by atoms with Crippen molar-refractivity contribution in [3.8, 4) is 0 Å². The standard InChI is InChI=1S/C30H27FN4O3/c1-3-17(2)32-28(36)21-9-5-7-11-24(21)35-29(37)25-16-22-20-8-4-6-10-23(20)33-26(22)27(34(25)30(35)38)18-12-14-19(31)15-13-18/h4-15,17,25,27,33H,3,16H2,1-2H3,(H,32,36). The van der Waals surface area contributed by atoms with E-state index in [0.29, 0.717) is 12.0 Å². The molecule has 0 bridgehead atoms. The van der Waals surface area contributed by atoms with Crippen molar-refractivity contribution in [2.24, 2.45) is 0 Å². The van der Waals surface area contributed by atoms with Crippen LogP contribution in [0.4, 0.5) is 14.9 Å². The third kappa shape index (κ3) is 3.67. The van der Waals surface area contributed by atoms with Gasteiger partial charge in [-0.1, -0.05) is 49.4 Å². The second-order valence-electron chi connectivity index (χ2n) is 9.90. The average Bonchev–Trinajstić information content (AvgIpc) is 3.42. The molecule has 0 radical (unpaired) electrons. The summed E-state index contributed by atoms with van der Waals surface area (Å²) in [6.45, 7) is 3.87. The van der Waals surface area contributed by atoms with Crippen LogP contribution in [0.1, 0.15) is 53.5 Å². The largest absolute Gasteiger partial charge is 0.356 e. The van der Waals surface area contributed by atoms with E-state index in [4.69, 9.17) is 0 Å². The summed E-state index contributed by atoms with van der Waals surface area (Å²) >= 11 is 0. The number of aromatic amines is 1. The SMILES string of the molecule is CCC(C)NC(=O)c1ccccc1N1C(=O)C2Cc3c([nH]c4ccccc34)C(c3ccc(F)cc3)N2C1=O. The number of imide groups is 1. The van der Waals surface area contributed by atoms with Crippen LogP contribution in [-0.4, -0.2) is 39.8 Å². The van der Waals surface area contributed by atoms with Crippen molar-refractivity contribution < 1.29 is 18.8 Å². The number of para-hydroxylation sites is 2. The van der Waals surface area contributed by atoms with Gasteiger partial charge in [0.2, 0.25) is 0 Å². The molecule has 4 aromatic rings. The van der Waals surface area contributed by atoms with Gasteiger partial charge in [-0.3, -0.25) is 14.5 Å². The van der Waals surface area contributed by atoms with Gasteiger partial charge in [-0.2, -0.15) is 0 Å². The third-order valence-electron chi connectivity index (χ3n) is 7.61. The van der Waals surface area contributed by atoms with Gasteiger partial charge in [0.05, 0.1) is 11.3 Å². The number of H-pyrrole nitrogens is 1. The van der Waals surface area contributed by atoms with E-state index < -0.39 is 18.1 Å². The van der Waals surface area contributed by atoms with E-state index >= 15 is 0 Å². The quantitative estimate of drug-likeness (QED) is 0.357. The molecule has 2 aliphatic rings. The van der Waals surface area contributed by atoms with E-state index in [0.717, 1.165) is 33.5 Å². The Kier molecular flexibility index (Phi) is 5.75. The van der Waals surface area contributed by atoms with Gasteiger partial charge in [0.15, 0.2) is 0 Å². The number of hydrogen-bond donors (Lipinski definition) is 2. The molecule has 1 fully saturated rings. The molecule has 1 saturated heterocycles. The Morgan fingerprint density at radius 3 is 2.53 bits per heavy atom. The minimum atomic E-state index is -0.769. The fraction of sp³-hybridized carbons (Fsp3) is 0.233. The molecule has 6 rings (SSSR count). The van der Waals surface area contributed by atoms with Crippen molar-refractivity contribution in [1.82, 2.24) is 15.2 Å². The van der Waals surface area contributed by atoms with Crippen molar-refractivity contribution in [3.63, 3.8) is 0 Å². The number of carbonyl (C=O) groups is 3. The maximum Gasteiger partial charge on any atom is 0.332 e. The van der Waals surface area contributed by atoms with Crippen molar-refractivity contribution >= 4 is 34.4 Å². The number of anilines is 1. The zero-order chi connectivity index (χ0) is 26.6. The molecule has 0 aliphatic carbocycles. The second-order valence-corrected chi connectivity index (χ2v) is 9.90. The lowest BCUT2D eigenvalue weighted by Gasteiger charge is -2.36. The second kappa shape index (κ2) is 9.13. The van der Waals surface area contributed by atoms with Crippen LogP contribution in [-0.2, 0) is 11.2 Å². The summed E-state index contributed by atoms with van der Waals surface area (Å²) in [5.74, 6) is -1.11. The number of nitrogens with one attached hydrogen (secondary N) is 2. The molecule has 2 aliphatic heterocycles. The third-order valence-corrected chi connectivity index (χ3v) is 7.61. The van der Waals surface area contributed by atoms with E-state index in [1.807, 2.05) is 38.1 Å². The number of amides is 4. The lowest BCUT2D eigenvalue weighted by molar-refractivity contribution is -0.120. The maximum atomic E-state index is 14.1. The first-order valence-electron chi connectivity index (χ1n) is 12.8. The first kappa shape index (κ1) is 23.9. The van der Waals surface area contributed by atoms with E-state index in [-0.39, 0.29) is 34.9 Å². The predicted molar refractivity (Wildman–Crippen MR) is 142 cm³/mol. The van der Waals surface area contributed by atoms with Crippen molar-refractivity contribution in [2.75, 3.05) is 4.90 Å². The molecule has 1 aromatic heterocycles. The van der Waals surface area contributed by atoms with E-state index in [1.54, 1.807) is 41.3 Å².